The Labute approximate surface area is 336 Å². The van der Waals surface area contributed by atoms with Gasteiger partial charge in [-0.2, -0.15) is 0 Å². The first-order valence-electron chi connectivity index (χ1n) is 20.0. The van der Waals surface area contributed by atoms with Crippen LogP contribution in [0.3, 0.4) is 0 Å². The molecule has 0 saturated heterocycles. The normalized spacial score (nSPS) is 13.1. The fourth-order valence-corrected chi connectivity index (χ4v) is 9.60. The van der Waals surface area contributed by atoms with Crippen LogP contribution in [-0.4, -0.2) is 0 Å². The zero-order chi connectivity index (χ0) is 38.5. The summed E-state index contributed by atoms with van der Waals surface area (Å²) in [6, 6.07) is 67.6. The Morgan fingerprint density at radius 2 is 1.02 bits per heavy atom. The van der Waals surface area contributed by atoms with E-state index in [9.17, 15) is 0 Å². The molecule has 0 unspecified atom stereocenters. The average molecular weight is 744 g/mol. The maximum absolute atomic E-state index is 6.73. The Kier molecular flexibility index (Phi) is 6.98. The van der Waals surface area contributed by atoms with Crippen LogP contribution < -0.4 is 4.90 Å². The summed E-state index contributed by atoms with van der Waals surface area (Å²) in [5.74, 6) is 0. The lowest BCUT2D eigenvalue weighted by atomic mass is 9.81. The minimum atomic E-state index is -0.0544. The lowest BCUT2D eigenvalue weighted by Gasteiger charge is -2.27. The van der Waals surface area contributed by atoms with Gasteiger partial charge in [-0.3, -0.25) is 0 Å². The molecule has 3 nitrogen and oxygen atoms in total. The first-order chi connectivity index (χ1) is 28.5. The molecule has 11 aromatic rings. The molecule has 3 heteroatoms. The summed E-state index contributed by atoms with van der Waals surface area (Å²) in [4.78, 5) is 2.36. The van der Waals surface area contributed by atoms with Crippen molar-refractivity contribution in [2.24, 2.45) is 0 Å². The maximum Gasteiger partial charge on any atom is 0.143 e. The predicted octanol–water partition coefficient (Wildman–Crippen LogP) is 15.7. The minimum absolute atomic E-state index is 0.0544. The van der Waals surface area contributed by atoms with E-state index in [2.05, 4.69) is 195 Å². The van der Waals surface area contributed by atoms with Crippen LogP contribution in [0.25, 0.3) is 88.0 Å². The number of furan rings is 2. The number of hydrogen-bond donors (Lipinski definition) is 0. The fraction of sp³-hybridized carbons (Fsp3) is 0.0545. The third kappa shape index (κ3) is 4.80. The van der Waals surface area contributed by atoms with Gasteiger partial charge >= 0.3 is 0 Å². The second-order valence-corrected chi connectivity index (χ2v) is 16.1. The molecule has 0 radical (unpaired) electrons. The molecule has 0 bridgehead atoms. The number of hydrogen-bond acceptors (Lipinski definition) is 3. The molecule has 9 aromatic carbocycles. The highest BCUT2D eigenvalue weighted by atomic mass is 16.3. The molecule has 274 valence electrons. The molecule has 0 aliphatic heterocycles. The van der Waals surface area contributed by atoms with Crippen LogP contribution in [0.4, 0.5) is 17.1 Å². The molecule has 0 spiro atoms. The smallest absolute Gasteiger partial charge is 0.143 e. The van der Waals surface area contributed by atoms with E-state index in [4.69, 9.17) is 8.83 Å². The number of anilines is 3. The zero-order valence-electron chi connectivity index (χ0n) is 32.2. The summed E-state index contributed by atoms with van der Waals surface area (Å²) in [7, 11) is 0. The van der Waals surface area contributed by atoms with Crippen molar-refractivity contribution in [3.8, 4) is 33.4 Å². The lowest BCUT2D eigenvalue weighted by Crippen LogP contribution is -2.14. The van der Waals surface area contributed by atoms with E-state index < -0.39 is 0 Å². The topological polar surface area (TPSA) is 29.5 Å². The van der Waals surface area contributed by atoms with Crippen molar-refractivity contribution in [3.05, 3.63) is 199 Å². The van der Waals surface area contributed by atoms with Crippen molar-refractivity contribution in [1.29, 1.82) is 0 Å². The summed E-state index contributed by atoms with van der Waals surface area (Å²) < 4.78 is 13.1. The summed E-state index contributed by atoms with van der Waals surface area (Å²) in [5, 5.41) is 6.75. The van der Waals surface area contributed by atoms with Crippen molar-refractivity contribution in [2.75, 3.05) is 4.90 Å². The molecule has 0 N–H and O–H groups in total. The minimum Gasteiger partial charge on any atom is -0.456 e. The highest BCUT2D eigenvalue weighted by Crippen LogP contribution is 2.50. The molecule has 1 aliphatic carbocycles. The van der Waals surface area contributed by atoms with Crippen molar-refractivity contribution >= 4 is 71.7 Å². The highest BCUT2D eigenvalue weighted by Gasteiger charge is 2.35. The van der Waals surface area contributed by atoms with Gasteiger partial charge in [-0.05, 0) is 98.9 Å². The van der Waals surface area contributed by atoms with Gasteiger partial charge in [0.1, 0.15) is 22.3 Å². The molecule has 2 aromatic heterocycles. The Morgan fingerprint density at radius 1 is 0.397 bits per heavy atom. The maximum atomic E-state index is 6.73. The van der Waals surface area contributed by atoms with Crippen LogP contribution in [0.2, 0.25) is 0 Å². The van der Waals surface area contributed by atoms with Gasteiger partial charge in [-0.1, -0.05) is 147 Å². The Balaban J connectivity index is 0.978. The number of fused-ring (bicyclic) bond motifs is 11. The summed E-state index contributed by atoms with van der Waals surface area (Å²) in [6.45, 7) is 4.68. The van der Waals surface area contributed by atoms with Crippen molar-refractivity contribution < 1.29 is 8.83 Å². The van der Waals surface area contributed by atoms with Gasteiger partial charge in [-0.15, -0.1) is 0 Å². The van der Waals surface area contributed by atoms with Gasteiger partial charge in [-0.25, -0.2) is 0 Å². The predicted molar refractivity (Wildman–Crippen MR) is 242 cm³/mol. The molecule has 12 rings (SSSR count). The quantitative estimate of drug-likeness (QED) is 0.176. The molecule has 1 aliphatic rings. The van der Waals surface area contributed by atoms with E-state index in [-0.39, 0.29) is 5.41 Å². The molecular formula is C55H37NO2. The van der Waals surface area contributed by atoms with Gasteiger partial charge in [0.15, 0.2) is 0 Å². The van der Waals surface area contributed by atoms with Gasteiger partial charge in [0.25, 0.3) is 0 Å². The van der Waals surface area contributed by atoms with Crippen LogP contribution in [-0.2, 0) is 5.41 Å². The molecule has 0 atom stereocenters. The SMILES string of the molecule is CC1(C)c2ccccc2-c2ccc(-c3ccc(N(c4ccc(-c5cccc6c5oc5c7ccccc7ccc65)cc4)c4cccc5oc6ccccc6c45)cc3)cc21. The standard InChI is InChI=1S/C55H37NO2/c1-55(2)47-17-7-5-13-42(47)43-31-26-37(33-48(43)55)34-21-27-38(28-22-34)56(49-18-10-20-51-52(49)46-14-6-8-19-50(46)57-51)39-29-23-36(24-30-39)41-15-9-16-44-45-32-25-35-11-3-4-12-40(35)54(45)58-53(41)44/h3-33H,1-2H3. The van der Waals surface area contributed by atoms with Gasteiger partial charge in [0.2, 0.25) is 0 Å². The molecule has 0 fully saturated rings. The van der Waals surface area contributed by atoms with Crippen LogP contribution in [0.1, 0.15) is 25.0 Å². The number of nitrogens with zero attached hydrogens (tertiary/aromatic N) is 1. The van der Waals surface area contributed by atoms with Gasteiger partial charge < -0.3 is 13.7 Å². The van der Waals surface area contributed by atoms with Crippen molar-refractivity contribution in [1.82, 2.24) is 0 Å². The Hall–Kier alpha value is -7.36. The summed E-state index contributed by atoms with van der Waals surface area (Å²) in [6.07, 6.45) is 0. The Bertz CT molecular complexity index is 3420. The van der Waals surface area contributed by atoms with E-state index in [1.54, 1.807) is 0 Å². The molecule has 2 heterocycles. The first-order valence-corrected chi connectivity index (χ1v) is 20.0. The third-order valence-corrected chi connectivity index (χ3v) is 12.5. The van der Waals surface area contributed by atoms with E-state index >= 15 is 0 Å². The Morgan fingerprint density at radius 3 is 1.86 bits per heavy atom. The van der Waals surface area contributed by atoms with E-state index in [0.29, 0.717) is 0 Å². The van der Waals surface area contributed by atoms with Crippen LogP contribution in [0.15, 0.2) is 197 Å². The van der Waals surface area contributed by atoms with E-state index in [1.165, 1.54) is 38.8 Å². The van der Waals surface area contributed by atoms with Gasteiger partial charge in [0, 0.05) is 43.9 Å². The second kappa shape index (κ2) is 12.3. The molecule has 58 heavy (non-hydrogen) atoms. The van der Waals surface area contributed by atoms with E-state index in [1.807, 2.05) is 12.1 Å². The summed E-state index contributed by atoms with van der Waals surface area (Å²) >= 11 is 0. The monoisotopic (exact) mass is 743 g/mol. The third-order valence-electron chi connectivity index (χ3n) is 12.5. The van der Waals surface area contributed by atoms with Gasteiger partial charge in [0.05, 0.1) is 11.1 Å². The van der Waals surface area contributed by atoms with Crippen LogP contribution in [0.5, 0.6) is 0 Å². The molecule has 0 saturated carbocycles. The summed E-state index contributed by atoms with van der Waals surface area (Å²) in [5.41, 5.74) is 16.7. The molecular weight excluding hydrogens is 707 g/mol. The van der Waals surface area contributed by atoms with Crippen LogP contribution in [0, 0.1) is 0 Å². The first kappa shape index (κ1) is 32.8. The zero-order valence-corrected chi connectivity index (χ0v) is 32.2. The second-order valence-electron chi connectivity index (χ2n) is 16.1. The largest absolute Gasteiger partial charge is 0.456 e. The average Bonchev–Trinajstić information content (AvgIpc) is 3.93. The van der Waals surface area contributed by atoms with Crippen LogP contribution >= 0.6 is 0 Å². The van der Waals surface area contributed by atoms with Crippen molar-refractivity contribution in [3.63, 3.8) is 0 Å². The van der Waals surface area contributed by atoms with Crippen molar-refractivity contribution in [2.45, 2.75) is 19.3 Å². The number of rotatable bonds is 5. The van der Waals surface area contributed by atoms with E-state index in [0.717, 1.165) is 77.5 Å². The highest BCUT2D eigenvalue weighted by molar-refractivity contribution is 6.17. The number of para-hydroxylation sites is 2. The lowest BCUT2D eigenvalue weighted by molar-refractivity contribution is 0.660. The number of benzene rings is 9. The molecule has 0 amide bonds. The fourth-order valence-electron chi connectivity index (χ4n) is 9.60.